The predicted octanol–water partition coefficient (Wildman–Crippen LogP) is 6.00. The number of fused-ring (bicyclic) bond motifs is 1. The maximum Gasteiger partial charge on any atom is 0.270 e. The first-order valence-corrected chi connectivity index (χ1v) is 10.5. The minimum Gasteiger partial charge on any atom is -0.350 e. The van der Waals surface area contributed by atoms with E-state index in [1.54, 1.807) is 18.2 Å². The zero-order valence-corrected chi connectivity index (χ0v) is 17.5. The Morgan fingerprint density at radius 2 is 1.86 bits per heavy atom. The molecule has 2 aromatic heterocycles. The van der Waals surface area contributed by atoms with Crippen LogP contribution in [0.2, 0.25) is 15.1 Å². The number of halogens is 3. The van der Waals surface area contributed by atoms with Crippen LogP contribution < -0.4 is 5.32 Å². The number of aromatic nitrogens is 2. The largest absolute Gasteiger partial charge is 0.350 e. The van der Waals surface area contributed by atoms with E-state index in [2.05, 4.69) is 10.3 Å². The molecule has 0 radical (unpaired) electrons. The van der Waals surface area contributed by atoms with Crippen molar-refractivity contribution in [3.8, 4) is 11.3 Å². The molecule has 8 heteroatoms. The van der Waals surface area contributed by atoms with Gasteiger partial charge >= 0.3 is 0 Å². The van der Waals surface area contributed by atoms with Gasteiger partial charge in [0.25, 0.3) is 5.91 Å². The second-order valence-electron chi connectivity index (χ2n) is 6.13. The summed E-state index contributed by atoms with van der Waals surface area (Å²) >= 11 is 19.5. The van der Waals surface area contributed by atoms with Crippen LogP contribution in [0.4, 0.5) is 0 Å². The standard InChI is InChI=1S/C20H14Cl3N3OS/c21-14-4-2-13(3-5-14)17-18(26-9-10-28-20(26)25-17)19(27)24-8-7-12-1-6-15(22)16(23)11-12/h1-6,9-11H,7-8H2,(H,24,27). The van der Waals surface area contributed by atoms with Crippen LogP contribution >= 0.6 is 46.1 Å². The summed E-state index contributed by atoms with van der Waals surface area (Å²) in [5.74, 6) is -0.184. The van der Waals surface area contributed by atoms with Crippen molar-refractivity contribution in [1.29, 1.82) is 0 Å². The van der Waals surface area contributed by atoms with Crippen LogP contribution in [0.5, 0.6) is 0 Å². The Hall–Kier alpha value is -2.05. The Balaban J connectivity index is 1.56. The Bertz CT molecular complexity index is 1150. The Morgan fingerprint density at radius 1 is 1.07 bits per heavy atom. The molecular formula is C20H14Cl3N3OS. The van der Waals surface area contributed by atoms with Gasteiger partial charge in [0.1, 0.15) is 11.4 Å². The van der Waals surface area contributed by atoms with E-state index >= 15 is 0 Å². The summed E-state index contributed by atoms with van der Waals surface area (Å²) in [6.07, 6.45) is 2.49. The van der Waals surface area contributed by atoms with Gasteiger partial charge in [0, 0.05) is 28.7 Å². The summed E-state index contributed by atoms with van der Waals surface area (Å²) in [6.45, 7) is 0.466. The van der Waals surface area contributed by atoms with Crippen LogP contribution in [0.15, 0.2) is 54.0 Å². The zero-order valence-electron chi connectivity index (χ0n) is 14.5. The number of nitrogens with zero attached hydrogens (tertiary/aromatic N) is 2. The van der Waals surface area contributed by atoms with Gasteiger partial charge in [-0.2, -0.15) is 0 Å². The fourth-order valence-electron chi connectivity index (χ4n) is 2.91. The lowest BCUT2D eigenvalue weighted by Gasteiger charge is -2.08. The maximum atomic E-state index is 12.9. The second kappa shape index (κ2) is 8.13. The first-order chi connectivity index (χ1) is 13.5. The monoisotopic (exact) mass is 449 g/mol. The van der Waals surface area contributed by atoms with Crippen molar-refractivity contribution in [2.75, 3.05) is 6.54 Å². The Kier molecular flexibility index (Phi) is 5.60. The minimum absolute atomic E-state index is 0.184. The number of imidazole rings is 1. The van der Waals surface area contributed by atoms with Crippen molar-refractivity contribution in [3.05, 3.63) is 80.4 Å². The summed E-state index contributed by atoms with van der Waals surface area (Å²) in [6, 6.07) is 12.8. The van der Waals surface area contributed by atoms with Gasteiger partial charge in [0.2, 0.25) is 0 Å². The van der Waals surface area contributed by atoms with E-state index in [1.807, 2.05) is 40.2 Å². The molecule has 0 saturated heterocycles. The molecule has 0 fully saturated rings. The van der Waals surface area contributed by atoms with Crippen LogP contribution in [0, 0.1) is 0 Å². The van der Waals surface area contributed by atoms with Crippen molar-refractivity contribution >= 4 is 57.0 Å². The van der Waals surface area contributed by atoms with Crippen LogP contribution in [0.1, 0.15) is 16.1 Å². The summed E-state index contributed by atoms with van der Waals surface area (Å²) in [5.41, 5.74) is 2.99. The number of carbonyl (C=O) groups is 1. The number of benzene rings is 2. The summed E-state index contributed by atoms with van der Waals surface area (Å²) in [4.78, 5) is 18.3. The average molecular weight is 451 g/mol. The molecule has 142 valence electrons. The lowest BCUT2D eigenvalue weighted by atomic mass is 10.1. The number of amides is 1. The third kappa shape index (κ3) is 3.89. The number of nitrogens with one attached hydrogen (secondary N) is 1. The molecule has 0 aliphatic heterocycles. The van der Waals surface area contributed by atoms with Gasteiger partial charge in [-0.15, -0.1) is 11.3 Å². The highest BCUT2D eigenvalue weighted by Crippen LogP contribution is 2.28. The molecular weight excluding hydrogens is 437 g/mol. The van der Waals surface area contributed by atoms with E-state index in [1.165, 1.54) is 11.3 Å². The predicted molar refractivity (Wildman–Crippen MR) is 116 cm³/mol. The van der Waals surface area contributed by atoms with Gasteiger partial charge < -0.3 is 5.32 Å². The highest BCUT2D eigenvalue weighted by atomic mass is 35.5. The molecule has 0 unspecified atom stereocenters. The lowest BCUT2D eigenvalue weighted by molar-refractivity contribution is 0.0949. The number of rotatable bonds is 5. The first-order valence-electron chi connectivity index (χ1n) is 8.46. The topological polar surface area (TPSA) is 46.4 Å². The van der Waals surface area contributed by atoms with Crippen molar-refractivity contribution in [2.45, 2.75) is 6.42 Å². The third-order valence-electron chi connectivity index (χ3n) is 4.28. The number of thiazole rings is 1. The fourth-order valence-corrected chi connectivity index (χ4v) is 4.07. The van der Waals surface area contributed by atoms with E-state index < -0.39 is 0 Å². The van der Waals surface area contributed by atoms with E-state index in [0.717, 1.165) is 16.1 Å². The van der Waals surface area contributed by atoms with E-state index in [4.69, 9.17) is 34.8 Å². The molecule has 1 amide bonds. The quantitative estimate of drug-likeness (QED) is 0.405. The normalized spacial score (nSPS) is 11.1. The Morgan fingerprint density at radius 3 is 2.61 bits per heavy atom. The molecule has 4 rings (SSSR count). The summed E-state index contributed by atoms with van der Waals surface area (Å²) < 4.78 is 1.81. The van der Waals surface area contributed by atoms with E-state index in [0.29, 0.717) is 39.4 Å². The minimum atomic E-state index is -0.184. The van der Waals surface area contributed by atoms with Gasteiger partial charge in [-0.05, 0) is 36.2 Å². The molecule has 0 spiro atoms. The second-order valence-corrected chi connectivity index (χ2v) is 8.25. The smallest absolute Gasteiger partial charge is 0.270 e. The molecule has 0 atom stereocenters. The van der Waals surface area contributed by atoms with Crippen LogP contribution in [-0.4, -0.2) is 21.8 Å². The molecule has 4 aromatic rings. The molecule has 0 bridgehead atoms. The number of carbonyl (C=O) groups excluding carboxylic acids is 1. The van der Waals surface area contributed by atoms with Gasteiger partial charge in [0.05, 0.1) is 10.0 Å². The molecule has 0 aliphatic rings. The van der Waals surface area contributed by atoms with Crippen molar-refractivity contribution < 1.29 is 4.79 Å². The van der Waals surface area contributed by atoms with Gasteiger partial charge in [-0.3, -0.25) is 9.20 Å². The van der Waals surface area contributed by atoms with Crippen molar-refractivity contribution in [3.63, 3.8) is 0 Å². The highest BCUT2D eigenvalue weighted by molar-refractivity contribution is 7.15. The van der Waals surface area contributed by atoms with Gasteiger partial charge in [0.15, 0.2) is 4.96 Å². The molecule has 2 heterocycles. The van der Waals surface area contributed by atoms with Crippen LogP contribution in [0.25, 0.3) is 16.2 Å². The molecule has 1 N–H and O–H groups in total. The molecule has 28 heavy (non-hydrogen) atoms. The molecule has 2 aromatic carbocycles. The summed E-state index contributed by atoms with van der Waals surface area (Å²) in [7, 11) is 0. The fraction of sp³-hybridized carbons (Fsp3) is 0.100. The lowest BCUT2D eigenvalue weighted by Crippen LogP contribution is -2.27. The number of hydrogen-bond donors (Lipinski definition) is 1. The SMILES string of the molecule is O=C(NCCc1ccc(Cl)c(Cl)c1)c1c(-c2ccc(Cl)cc2)nc2sccn12. The van der Waals surface area contributed by atoms with E-state index in [9.17, 15) is 4.79 Å². The molecule has 0 saturated carbocycles. The van der Waals surface area contributed by atoms with Crippen molar-refractivity contribution in [1.82, 2.24) is 14.7 Å². The van der Waals surface area contributed by atoms with Gasteiger partial charge in [-0.1, -0.05) is 53.0 Å². The van der Waals surface area contributed by atoms with Crippen LogP contribution in [0.3, 0.4) is 0 Å². The zero-order chi connectivity index (χ0) is 19.7. The number of hydrogen-bond acceptors (Lipinski definition) is 3. The van der Waals surface area contributed by atoms with Crippen LogP contribution in [-0.2, 0) is 6.42 Å². The average Bonchev–Trinajstić information content (AvgIpc) is 3.26. The first kappa shape index (κ1) is 19.3. The highest BCUT2D eigenvalue weighted by Gasteiger charge is 2.21. The Labute approximate surface area is 180 Å². The third-order valence-corrected chi connectivity index (χ3v) is 6.03. The maximum absolute atomic E-state index is 12.9. The molecule has 0 aliphatic carbocycles. The van der Waals surface area contributed by atoms with E-state index in [-0.39, 0.29) is 5.91 Å². The van der Waals surface area contributed by atoms with Gasteiger partial charge in [-0.25, -0.2) is 4.98 Å². The summed E-state index contributed by atoms with van der Waals surface area (Å²) in [5, 5.41) is 6.53. The van der Waals surface area contributed by atoms with Crippen molar-refractivity contribution in [2.24, 2.45) is 0 Å². The molecule has 4 nitrogen and oxygen atoms in total.